The maximum absolute atomic E-state index is 5.98. The Labute approximate surface area is 115 Å². The minimum absolute atomic E-state index is 0.0242. The number of nitrogens with two attached hydrogens (primary N) is 1. The van der Waals surface area contributed by atoms with Crippen molar-refractivity contribution in [2.24, 2.45) is 5.73 Å². The molecule has 0 aliphatic heterocycles. The van der Waals surface area contributed by atoms with Crippen molar-refractivity contribution in [3.8, 4) is 0 Å². The molecule has 0 radical (unpaired) electrons. The molecule has 2 rings (SSSR count). The van der Waals surface area contributed by atoms with E-state index in [0.29, 0.717) is 0 Å². The molecule has 0 spiro atoms. The Kier molecular flexibility index (Phi) is 3.54. The number of nitrogens with zero attached hydrogens (tertiary/aromatic N) is 2. The van der Waals surface area contributed by atoms with Crippen molar-refractivity contribution < 1.29 is 0 Å². The lowest BCUT2D eigenvalue weighted by Gasteiger charge is -2.31. The van der Waals surface area contributed by atoms with Gasteiger partial charge in [0.25, 0.3) is 0 Å². The van der Waals surface area contributed by atoms with Crippen LogP contribution in [0.1, 0.15) is 20.8 Å². The summed E-state index contributed by atoms with van der Waals surface area (Å²) in [5, 5.41) is 3.44. The van der Waals surface area contributed by atoms with Gasteiger partial charge in [0.2, 0.25) is 0 Å². The average molecular weight is 309 g/mol. The van der Waals surface area contributed by atoms with Crippen LogP contribution >= 0.6 is 15.9 Å². The maximum Gasteiger partial charge on any atom is 0.112 e. The first kappa shape index (κ1) is 13.2. The van der Waals surface area contributed by atoms with Gasteiger partial charge in [-0.2, -0.15) is 0 Å². The summed E-state index contributed by atoms with van der Waals surface area (Å²) in [4.78, 5) is 8.73. The second-order valence-electron chi connectivity index (χ2n) is 5.02. The van der Waals surface area contributed by atoms with E-state index in [-0.39, 0.29) is 11.6 Å². The zero-order valence-corrected chi connectivity index (χ0v) is 12.3. The molecule has 3 N–H and O–H groups in total. The van der Waals surface area contributed by atoms with Crippen LogP contribution in [0, 0.1) is 0 Å². The van der Waals surface area contributed by atoms with Gasteiger partial charge in [-0.25, -0.2) is 0 Å². The molecule has 0 aromatic carbocycles. The van der Waals surface area contributed by atoms with Crippen molar-refractivity contribution in [3.63, 3.8) is 0 Å². The highest BCUT2D eigenvalue weighted by molar-refractivity contribution is 9.10. The van der Waals surface area contributed by atoms with E-state index in [1.165, 1.54) is 0 Å². The van der Waals surface area contributed by atoms with Crippen LogP contribution in [0.15, 0.2) is 29.0 Å². The zero-order valence-electron chi connectivity index (χ0n) is 10.7. The molecule has 4 nitrogen and oxygen atoms in total. The Balaban J connectivity index is 2.46. The summed E-state index contributed by atoms with van der Waals surface area (Å²) in [7, 11) is 0. The van der Waals surface area contributed by atoms with Crippen LogP contribution in [0.4, 0.5) is 5.69 Å². The fraction of sp³-hybridized carbons (Fsp3) is 0.385. The highest BCUT2D eigenvalue weighted by Crippen LogP contribution is 2.25. The Bertz CT molecular complexity index is 566. The van der Waals surface area contributed by atoms with Crippen molar-refractivity contribution in [2.75, 3.05) is 5.32 Å². The number of fused-ring (bicyclic) bond motifs is 1. The number of nitrogens with one attached hydrogen (secondary N) is 1. The normalized spacial score (nSPS) is 13.6. The van der Waals surface area contributed by atoms with Crippen molar-refractivity contribution in [1.29, 1.82) is 0 Å². The minimum Gasteiger partial charge on any atom is -0.377 e. The third kappa shape index (κ3) is 2.62. The molecule has 2 aromatic heterocycles. The van der Waals surface area contributed by atoms with Gasteiger partial charge in [-0.05, 0) is 48.8 Å². The van der Waals surface area contributed by atoms with Gasteiger partial charge >= 0.3 is 0 Å². The van der Waals surface area contributed by atoms with Gasteiger partial charge in [0.15, 0.2) is 0 Å². The number of halogens is 1. The van der Waals surface area contributed by atoms with Crippen LogP contribution in [0.2, 0.25) is 0 Å². The fourth-order valence-electron chi connectivity index (χ4n) is 1.57. The van der Waals surface area contributed by atoms with Crippen LogP contribution < -0.4 is 11.1 Å². The summed E-state index contributed by atoms with van der Waals surface area (Å²) >= 11 is 3.40. The lowest BCUT2D eigenvalue weighted by Crippen LogP contribution is -2.47. The predicted molar refractivity (Wildman–Crippen MR) is 78.6 cm³/mol. The van der Waals surface area contributed by atoms with Gasteiger partial charge in [-0.3, -0.25) is 9.97 Å². The molecule has 0 fully saturated rings. The van der Waals surface area contributed by atoms with Gasteiger partial charge in [-0.15, -0.1) is 0 Å². The summed E-state index contributed by atoms with van der Waals surface area (Å²) in [5.74, 6) is 0. The first-order chi connectivity index (χ1) is 8.40. The highest BCUT2D eigenvalue weighted by Gasteiger charge is 2.23. The molecule has 96 valence electrons. The Morgan fingerprint density at radius 3 is 2.78 bits per heavy atom. The zero-order chi connectivity index (χ0) is 13.3. The third-order valence-electron chi connectivity index (χ3n) is 3.14. The van der Waals surface area contributed by atoms with Gasteiger partial charge in [-0.1, -0.05) is 0 Å². The number of aromatic nitrogens is 2. The number of hydrogen-bond acceptors (Lipinski definition) is 4. The quantitative estimate of drug-likeness (QED) is 0.915. The van der Waals surface area contributed by atoms with E-state index < -0.39 is 0 Å². The molecule has 0 bridgehead atoms. The summed E-state index contributed by atoms with van der Waals surface area (Å²) in [6, 6.07) is 3.90. The molecule has 2 heterocycles. The molecule has 0 amide bonds. The minimum atomic E-state index is -0.205. The average Bonchev–Trinajstić information content (AvgIpc) is 2.28. The second-order valence-corrected chi connectivity index (χ2v) is 5.93. The number of rotatable bonds is 3. The van der Waals surface area contributed by atoms with Crippen LogP contribution in [0.25, 0.3) is 11.0 Å². The monoisotopic (exact) mass is 308 g/mol. The van der Waals surface area contributed by atoms with Crippen LogP contribution in [-0.4, -0.2) is 21.5 Å². The molecule has 5 heteroatoms. The Hall–Kier alpha value is -1.20. The maximum atomic E-state index is 5.98. The molecule has 18 heavy (non-hydrogen) atoms. The van der Waals surface area contributed by atoms with E-state index in [0.717, 1.165) is 21.2 Å². The van der Waals surface area contributed by atoms with E-state index in [2.05, 4.69) is 45.1 Å². The van der Waals surface area contributed by atoms with E-state index in [1.54, 1.807) is 12.4 Å². The molecular formula is C13H17BrN4. The van der Waals surface area contributed by atoms with Crippen molar-refractivity contribution in [2.45, 2.75) is 32.4 Å². The van der Waals surface area contributed by atoms with Crippen LogP contribution in [-0.2, 0) is 0 Å². The second kappa shape index (κ2) is 4.82. The number of pyridine rings is 2. The first-order valence-electron chi connectivity index (χ1n) is 5.84. The Morgan fingerprint density at radius 2 is 2.11 bits per heavy atom. The van der Waals surface area contributed by atoms with Crippen molar-refractivity contribution in [1.82, 2.24) is 9.97 Å². The van der Waals surface area contributed by atoms with E-state index in [9.17, 15) is 0 Å². The van der Waals surface area contributed by atoms with Crippen LogP contribution in [0.5, 0.6) is 0 Å². The standard InChI is InChI=1S/C13H17BrN4/c1-8(15)13(2,3)18-10-4-5-16-11-6-9(14)7-17-12(10)11/h4-8H,15H2,1-3H3,(H,16,18). The lowest BCUT2D eigenvalue weighted by atomic mass is 9.96. The molecular weight excluding hydrogens is 292 g/mol. The fourth-order valence-corrected chi connectivity index (χ4v) is 1.89. The number of hydrogen-bond donors (Lipinski definition) is 2. The molecule has 2 aromatic rings. The molecule has 0 saturated carbocycles. The van der Waals surface area contributed by atoms with Gasteiger partial charge in [0, 0.05) is 28.4 Å². The molecule has 1 atom stereocenters. The van der Waals surface area contributed by atoms with E-state index in [4.69, 9.17) is 5.73 Å². The summed E-state index contributed by atoms with van der Waals surface area (Å²) in [5.41, 5.74) is 8.44. The van der Waals surface area contributed by atoms with E-state index in [1.807, 2.05) is 19.1 Å². The van der Waals surface area contributed by atoms with Gasteiger partial charge in [0.1, 0.15) is 5.52 Å². The lowest BCUT2D eigenvalue weighted by molar-refractivity contribution is 0.471. The van der Waals surface area contributed by atoms with Gasteiger partial charge in [0.05, 0.1) is 11.2 Å². The van der Waals surface area contributed by atoms with Crippen LogP contribution in [0.3, 0.4) is 0 Å². The third-order valence-corrected chi connectivity index (χ3v) is 3.57. The van der Waals surface area contributed by atoms with E-state index >= 15 is 0 Å². The summed E-state index contributed by atoms with van der Waals surface area (Å²) in [6.07, 6.45) is 3.55. The molecule has 1 unspecified atom stereocenters. The Morgan fingerprint density at radius 1 is 1.39 bits per heavy atom. The largest absolute Gasteiger partial charge is 0.377 e. The molecule has 0 aliphatic rings. The summed E-state index contributed by atoms with van der Waals surface area (Å²) < 4.78 is 0.922. The molecule has 0 aliphatic carbocycles. The van der Waals surface area contributed by atoms with Gasteiger partial charge < -0.3 is 11.1 Å². The smallest absolute Gasteiger partial charge is 0.112 e. The van der Waals surface area contributed by atoms with Crippen molar-refractivity contribution in [3.05, 3.63) is 29.0 Å². The SMILES string of the molecule is CC(N)C(C)(C)Nc1ccnc2cc(Br)cnc12. The summed E-state index contributed by atoms with van der Waals surface area (Å²) in [6.45, 7) is 6.13. The predicted octanol–water partition coefficient (Wildman–Crippen LogP) is 2.93. The number of anilines is 1. The first-order valence-corrected chi connectivity index (χ1v) is 6.63. The molecule has 0 saturated heterocycles. The highest BCUT2D eigenvalue weighted by atomic mass is 79.9. The van der Waals surface area contributed by atoms with Crippen molar-refractivity contribution >= 4 is 32.7 Å². The topological polar surface area (TPSA) is 63.8 Å².